The van der Waals surface area contributed by atoms with E-state index in [0.717, 1.165) is 26.9 Å². The van der Waals surface area contributed by atoms with Crippen molar-refractivity contribution in [3.63, 3.8) is 0 Å². The molecule has 0 atom stereocenters. The van der Waals surface area contributed by atoms with Gasteiger partial charge in [-0.15, -0.1) is 11.8 Å². The van der Waals surface area contributed by atoms with Gasteiger partial charge in [0.1, 0.15) is 0 Å². The van der Waals surface area contributed by atoms with E-state index in [4.69, 9.17) is 0 Å². The molecule has 0 saturated carbocycles. The zero-order valence-electron chi connectivity index (χ0n) is 12.7. The average Bonchev–Trinajstić information content (AvgIpc) is 2.52. The van der Waals surface area contributed by atoms with Crippen LogP contribution >= 0.6 is 11.8 Å². The van der Waals surface area contributed by atoms with Gasteiger partial charge in [0.2, 0.25) is 0 Å². The summed E-state index contributed by atoms with van der Waals surface area (Å²) in [5, 5.41) is 1.10. The highest BCUT2D eigenvalue weighted by molar-refractivity contribution is 8.00. The van der Waals surface area contributed by atoms with Gasteiger partial charge in [0, 0.05) is 22.0 Å². The highest BCUT2D eigenvalue weighted by Crippen LogP contribution is 2.27. The number of aryl methyl sites for hydroxylation is 2. The number of hydrogen-bond acceptors (Lipinski definition) is 3. The van der Waals surface area contributed by atoms with E-state index < -0.39 is 0 Å². The molecule has 0 N–H and O–H groups in total. The average molecular weight is 307 g/mol. The SMILES string of the molecule is Cc1ccc(C(=O)CSc2cccc3cccnc23)c(C)c1. The quantitative estimate of drug-likeness (QED) is 0.511. The van der Waals surface area contributed by atoms with Crippen LogP contribution in [0.15, 0.2) is 59.6 Å². The second kappa shape index (κ2) is 6.32. The molecule has 2 nitrogen and oxygen atoms in total. The van der Waals surface area contributed by atoms with Crippen LogP contribution in [0.5, 0.6) is 0 Å². The summed E-state index contributed by atoms with van der Waals surface area (Å²) in [6, 6.07) is 16.0. The maximum atomic E-state index is 12.4. The molecule has 1 aromatic heterocycles. The minimum atomic E-state index is 0.162. The topological polar surface area (TPSA) is 30.0 Å². The van der Waals surface area contributed by atoms with Crippen LogP contribution in [-0.2, 0) is 0 Å². The number of nitrogens with zero attached hydrogens (tertiary/aromatic N) is 1. The largest absolute Gasteiger partial charge is 0.293 e. The lowest BCUT2D eigenvalue weighted by molar-refractivity contribution is 0.102. The third-order valence-corrected chi connectivity index (χ3v) is 4.68. The van der Waals surface area contributed by atoms with Crippen LogP contribution in [0.1, 0.15) is 21.5 Å². The number of Topliss-reactive ketones (excluding diaryl/α,β-unsaturated/α-hetero) is 1. The van der Waals surface area contributed by atoms with E-state index >= 15 is 0 Å². The first-order valence-corrected chi connectivity index (χ1v) is 8.21. The van der Waals surface area contributed by atoms with E-state index in [9.17, 15) is 4.79 Å². The molecule has 0 bridgehead atoms. The van der Waals surface area contributed by atoms with Crippen molar-refractivity contribution in [3.05, 3.63) is 71.4 Å². The number of carbonyl (C=O) groups excluding carboxylic acids is 1. The molecule has 0 aliphatic rings. The predicted octanol–water partition coefficient (Wildman–Crippen LogP) is 4.83. The van der Waals surface area contributed by atoms with Gasteiger partial charge in [-0.3, -0.25) is 9.78 Å². The highest BCUT2D eigenvalue weighted by atomic mass is 32.2. The molecule has 3 heteroatoms. The number of aromatic nitrogens is 1. The van der Waals surface area contributed by atoms with Crippen molar-refractivity contribution in [1.29, 1.82) is 0 Å². The van der Waals surface area contributed by atoms with E-state index in [2.05, 4.69) is 11.1 Å². The fourth-order valence-electron chi connectivity index (χ4n) is 2.54. The molecule has 0 aliphatic heterocycles. The van der Waals surface area contributed by atoms with Crippen molar-refractivity contribution in [2.75, 3.05) is 5.75 Å². The predicted molar refractivity (Wildman–Crippen MR) is 92.7 cm³/mol. The Morgan fingerprint density at radius 1 is 1.09 bits per heavy atom. The summed E-state index contributed by atoms with van der Waals surface area (Å²) in [7, 11) is 0. The zero-order chi connectivity index (χ0) is 15.5. The van der Waals surface area contributed by atoms with Crippen molar-refractivity contribution in [3.8, 4) is 0 Å². The molecule has 0 radical (unpaired) electrons. The molecule has 22 heavy (non-hydrogen) atoms. The van der Waals surface area contributed by atoms with E-state index in [-0.39, 0.29) is 5.78 Å². The first-order chi connectivity index (χ1) is 10.6. The number of benzene rings is 2. The molecule has 3 rings (SSSR count). The maximum absolute atomic E-state index is 12.4. The zero-order valence-corrected chi connectivity index (χ0v) is 13.5. The number of ketones is 1. The van der Waals surface area contributed by atoms with Crippen molar-refractivity contribution in [2.45, 2.75) is 18.7 Å². The van der Waals surface area contributed by atoms with Crippen LogP contribution in [0.2, 0.25) is 0 Å². The molecule has 0 fully saturated rings. The lowest BCUT2D eigenvalue weighted by atomic mass is 10.0. The van der Waals surface area contributed by atoms with E-state index in [0.29, 0.717) is 5.75 Å². The first kappa shape index (κ1) is 14.8. The van der Waals surface area contributed by atoms with Crippen LogP contribution in [0.4, 0.5) is 0 Å². The van der Waals surface area contributed by atoms with Gasteiger partial charge in [0.25, 0.3) is 0 Å². The second-order valence-corrected chi connectivity index (χ2v) is 6.38. The van der Waals surface area contributed by atoms with Gasteiger partial charge >= 0.3 is 0 Å². The van der Waals surface area contributed by atoms with Gasteiger partial charge in [-0.25, -0.2) is 0 Å². The van der Waals surface area contributed by atoms with Gasteiger partial charge < -0.3 is 0 Å². The molecular weight excluding hydrogens is 290 g/mol. The Balaban J connectivity index is 1.80. The van der Waals surface area contributed by atoms with Crippen LogP contribution in [0.25, 0.3) is 10.9 Å². The molecule has 0 unspecified atom stereocenters. The summed E-state index contributed by atoms with van der Waals surface area (Å²) >= 11 is 1.55. The standard InChI is InChI=1S/C19H17NOS/c1-13-8-9-16(14(2)11-13)17(21)12-22-18-7-3-5-15-6-4-10-20-19(15)18/h3-11H,12H2,1-2H3. The third-order valence-electron chi connectivity index (χ3n) is 3.64. The third kappa shape index (κ3) is 3.04. The van der Waals surface area contributed by atoms with E-state index in [1.54, 1.807) is 18.0 Å². The van der Waals surface area contributed by atoms with Crippen LogP contribution in [0, 0.1) is 13.8 Å². The Hall–Kier alpha value is -2.13. The molecule has 110 valence electrons. The van der Waals surface area contributed by atoms with Crippen molar-refractivity contribution in [1.82, 2.24) is 4.98 Å². The molecule has 0 saturated heterocycles. The number of fused-ring (bicyclic) bond motifs is 1. The molecule has 0 spiro atoms. The van der Waals surface area contributed by atoms with Gasteiger partial charge in [-0.2, -0.15) is 0 Å². The summed E-state index contributed by atoms with van der Waals surface area (Å²) in [6.07, 6.45) is 1.79. The van der Waals surface area contributed by atoms with Crippen LogP contribution in [-0.4, -0.2) is 16.5 Å². The van der Waals surface area contributed by atoms with Gasteiger partial charge in [0.15, 0.2) is 5.78 Å². The molecule has 1 heterocycles. The van der Waals surface area contributed by atoms with Crippen molar-refractivity contribution in [2.24, 2.45) is 0 Å². The monoisotopic (exact) mass is 307 g/mol. The Bertz CT molecular complexity index is 836. The second-order valence-electron chi connectivity index (χ2n) is 5.36. The summed E-state index contributed by atoms with van der Waals surface area (Å²) < 4.78 is 0. The number of hydrogen-bond donors (Lipinski definition) is 0. The molecule has 2 aromatic carbocycles. The van der Waals surface area contributed by atoms with Crippen LogP contribution < -0.4 is 0 Å². The molecule has 3 aromatic rings. The summed E-state index contributed by atoms with van der Waals surface area (Å²) in [5.74, 6) is 0.593. The van der Waals surface area contributed by atoms with E-state index in [1.807, 2.05) is 56.3 Å². The van der Waals surface area contributed by atoms with Crippen LogP contribution in [0.3, 0.4) is 0 Å². The normalized spacial score (nSPS) is 10.8. The van der Waals surface area contributed by atoms with Gasteiger partial charge in [0.05, 0.1) is 11.3 Å². The number of carbonyl (C=O) groups is 1. The fraction of sp³-hybridized carbons (Fsp3) is 0.158. The Morgan fingerprint density at radius 3 is 2.73 bits per heavy atom. The number of rotatable bonds is 4. The number of pyridine rings is 1. The van der Waals surface area contributed by atoms with Crippen molar-refractivity contribution < 1.29 is 4.79 Å². The first-order valence-electron chi connectivity index (χ1n) is 7.22. The van der Waals surface area contributed by atoms with Gasteiger partial charge in [-0.05, 0) is 31.5 Å². The lowest BCUT2D eigenvalue weighted by Crippen LogP contribution is -2.05. The Morgan fingerprint density at radius 2 is 1.91 bits per heavy atom. The summed E-state index contributed by atoms with van der Waals surface area (Å²) in [5.41, 5.74) is 4.00. The minimum absolute atomic E-state index is 0.162. The van der Waals surface area contributed by atoms with Crippen molar-refractivity contribution >= 4 is 28.4 Å². The van der Waals surface area contributed by atoms with Gasteiger partial charge in [-0.1, -0.05) is 42.0 Å². The maximum Gasteiger partial charge on any atom is 0.173 e. The molecular formula is C19H17NOS. The molecule has 0 amide bonds. The lowest BCUT2D eigenvalue weighted by Gasteiger charge is -2.07. The Kier molecular flexibility index (Phi) is 4.25. The molecule has 0 aliphatic carbocycles. The number of para-hydroxylation sites is 1. The fourth-order valence-corrected chi connectivity index (χ4v) is 3.46. The summed E-state index contributed by atoms with van der Waals surface area (Å²) in [6.45, 7) is 4.03. The van der Waals surface area contributed by atoms with E-state index in [1.165, 1.54) is 5.56 Å². The number of thioether (sulfide) groups is 1. The Labute approximate surface area is 134 Å². The smallest absolute Gasteiger partial charge is 0.173 e. The minimum Gasteiger partial charge on any atom is -0.293 e. The summed E-state index contributed by atoms with van der Waals surface area (Å²) in [4.78, 5) is 17.9. The highest BCUT2D eigenvalue weighted by Gasteiger charge is 2.11.